The predicted molar refractivity (Wildman–Crippen MR) is 78.1 cm³/mol. The lowest BCUT2D eigenvalue weighted by Gasteiger charge is -2.08. The number of aryl methyl sites for hydroxylation is 2. The monoisotopic (exact) mass is 290 g/mol. The molecule has 0 unspecified atom stereocenters. The third-order valence-electron chi connectivity index (χ3n) is 2.92. The molecule has 4 nitrogen and oxygen atoms in total. The number of halogens is 2. The van der Waals surface area contributed by atoms with Crippen LogP contribution in [0, 0.1) is 19.7 Å². The van der Waals surface area contributed by atoms with Crippen molar-refractivity contribution in [2.24, 2.45) is 0 Å². The molecule has 2 aromatic heterocycles. The summed E-state index contributed by atoms with van der Waals surface area (Å²) in [6.45, 7) is 3.77. The summed E-state index contributed by atoms with van der Waals surface area (Å²) < 4.78 is 13.2. The van der Waals surface area contributed by atoms with Crippen molar-refractivity contribution in [3.05, 3.63) is 46.6 Å². The van der Waals surface area contributed by atoms with Crippen molar-refractivity contribution in [1.29, 1.82) is 0 Å². The fourth-order valence-corrected chi connectivity index (χ4v) is 2.24. The second-order valence-corrected chi connectivity index (χ2v) is 5.00. The molecule has 0 amide bonds. The van der Waals surface area contributed by atoms with Gasteiger partial charge in [0.25, 0.3) is 0 Å². The average molecular weight is 291 g/mol. The van der Waals surface area contributed by atoms with E-state index in [2.05, 4.69) is 20.3 Å². The van der Waals surface area contributed by atoms with Crippen LogP contribution in [-0.2, 0) is 0 Å². The number of nitrogens with one attached hydrogen (secondary N) is 2. The van der Waals surface area contributed by atoms with Crippen molar-refractivity contribution in [3.63, 3.8) is 0 Å². The van der Waals surface area contributed by atoms with Crippen molar-refractivity contribution >= 4 is 34.1 Å². The SMILES string of the molecule is Cc1nc(Nc2ccc(F)c(Cl)c2)c2cc(C)[nH]c2n1. The Labute approximate surface area is 120 Å². The summed E-state index contributed by atoms with van der Waals surface area (Å²) in [4.78, 5) is 11.9. The van der Waals surface area contributed by atoms with E-state index in [0.29, 0.717) is 17.3 Å². The molecule has 0 spiro atoms. The molecule has 0 saturated carbocycles. The van der Waals surface area contributed by atoms with Gasteiger partial charge in [0.2, 0.25) is 0 Å². The molecule has 3 aromatic rings. The molecule has 6 heteroatoms. The van der Waals surface area contributed by atoms with E-state index in [4.69, 9.17) is 11.6 Å². The number of hydrogen-bond donors (Lipinski definition) is 2. The fraction of sp³-hybridized carbons (Fsp3) is 0.143. The molecule has 1 aromatic carbocycles. The van der Waals surface area contributed by atoms with Gasteiger partial charge in [-0.2, -0.15) is 0 Å². The summed E-state index contributed by atoms with van der Waals surface area (Å²) in [5.41, 5.74) is 2.44. The van der Waals surface area contributed by atoms with Crippen LogP contribution in [0.4, 0.5) is 15.9 Å². The van der Waals surface area contributed by atoms with Gasteiger partial charge in [0.1, 0.15) is 23.1 Å². The van der Waals surface area contributed by atoms with Gasteiger partial charge in [-0.15, -0.1) is 0 Å². The highest BCUT2D eigenvalue weighted by atomic mass is 35.5. The number of anilines is 2. The first kappa shape index (κ1) is 12.9. The largest absolute Gasteiger partial charge is 0.343 e. The van der Waals surface area contributed by atoms with Crippen molar-refractivity contribution in [2.45, 2.75) is 13.8 Å². The first-order valence-electron chi connectivity index (χ1n) is 6.09. The van der Waals surface area contributed by atoms with Crippen LogP contribution in [0.5, 0.6) is 0 Å². The number of nitrogens with zero attached hydrogens (tertiary/aromatic N) is 2. The van der Waals surface area contributed by atoms with Crippen molar-refractivity contribution < 1.29 is 4.39 Å². The van der Waals surface area contributed by atoms with E-state index in [-0.39, 0.29) is 5.02 Å². The van der Waals surface area contributed by atoms with Crippen LogP contribution < -0.4 is 5.32 Å². The van der Waals surface area contributed by atoms with Crippen LogP contribution in [0.2, 0.25) is 5.02 Å². The Balaban J connectivity index is 2.07. The van der Waals surface area contributed by atoms with Crippen LogP contribution >= 0.6 is 11.6 Å². The van der Waals surface area contributed by atoms with E-state index in [1.807, 2.05) is 19.9 Å². The second-order valence-electron chi connectivity index (χ2n) is 4.59. The second kappa shape index (κ2) is 4.76. The van der Waals surface area contributed by atoms with Crippen LogP contribution in [0.25, 0.3) is 11.0 Å². The zero-order valence-electron chi connectivity index (χ0n) is 11.0. The summed E-state index contributed by atoms with van der Waals surface area (Å²) in [6, 6.07) is 6.42. The van der Waals surface area contributed by atoms with Crippen LogP contribution in [0.3, 0.4) is 0 Å². The molecule has 0 radical (unpaired) electrons. The lowest BCUT2D eigenvalue weighted by atomic mass is 10.3. The third kappa shape index (κ3) is 2.32. The molecule has 2 heterocycles. The van der Waals surface area contributed by atoms with Gasteiger partial charge in [0.05, 0.1) is 10.4 Å². The van der Waals surface area contributed by atoms with Crippen molar-refractivity contribution in [3.8, 4) is 0 Å². The maximum Gasteiger partial charge on any atom is 0.143 e. The van der Waals surface area contributed by atoms with E-state index in [1.54, 1.807) is 6.07 Å². The van der Waals surface area contributed by atoms with Gasteiger partial charge in [-0.3, -0.25) is 0 Å². The minimum atomic E-state index is -0.446. The fourth-order valence-electron chi connectivity index (χ4n) is 2.06. The summed E-state index contributed by atoms with van der Waals surface area (Å²) >= 11 is 5.78. The number of benzene rings is 1. The molecule has 3 rings (SSSR count). The number of rotatable bonds is 2. The topological polar surface area (TPSA) is 53.6 Å². The number of hydrogen-bond acceptors (Lipinski definition) is 3. The molecule has 0 fully saturated rings. The molecule has 2 N–H and O–H groups in total. The normalized spacial score (nSPS) is 11.0. The Bertz CT molecular complexity index is 797. The molecular weight excluding hydrogens is 279 g/mol. The highest BCUT2D eigenvalue weighted by Crippen LogP contribution is 2.26. The Kier molecular flexibility index (Phi) is 3.06. The number of H-pyrrole nitrogens is 1. The minimum Gasteiger partial charge on any atom is -0.343 e. The zero-order chi connectivity index (χ0) is 14.3. The predicted octanol–water partition coefficient (Wildman–Crippen LogP) is 4.11. The van der Waals surface area contributed by atoms with E-state index < -0.39 is 5.82 Å². The number of aromatic amines is 1. The molecule has 0 saturated heterocycles. The van der Waals surface area contributed by atoms with E-state index in [0.717, 1.165) is 16.7 Å². The summed E-state index contributed by atoms with van der Waals surface area (Å²) in [6.07, 6.45) is 0. The maximum absolute atomic E-state index is 13.2. The Morgan fingerprint density at radius 3 is 2.75 bits per heavy atom. The molecule has 0 bridgehead atoms. The van der Waals surface area contributed by atoms with Gasteiger partial charge in [0, 0.05) is 11.4 Å². The molecule has 0 aliphatic rings. The standard InChI is InChI=1S/C14H12ClFN4/c1-7-5-10-13(17-7)18-8(2)19-14(10)20-9-3-4-12(16)11(15)6-9/h3-6H,1-2H3,(H2,17,18,19,20). The van der Waals surface area contributed by atoms with Crippen molar-refractivity contribution in [2.75, 3.05) is 5.32 Å². The Morgan fingerprint density at radius 1 is 1.20 bits per heavy atom. The van der Waals surface area contributed by atoms with E-state index in [1.165, 1.54) is 12.1 Å². The third-order valence-corrected chi connectivity index (χ3v) is 3.21. The van der Waals surface area contributed by atoms with Gasteiger partial charge in [-0.1, -0.05) is 11.6 Å². The Morgan fingerprint density at radius 2 is 2.00 bits per heavy atom. The summed E-state index contributed by atoms with van der Waals surface area (Å²) in [5.74, 6) is 0.869. The highest BCUT2D eigenvalue weighted by molar-refractivity contribution is 6.31. The first-order valence-corrected chi connectivity index (χ1v) is 6.47. The van der Waals surface area contributed by atoms with E-state index >= 15 is 0 Å². The smallest absolute Gasteiger partial charge is 0.143 e. The van der Waals surface area contributed by atoms with Crippen LogP contribution in [-0.4, -0.2) is 15.0 Å². The molecule has 20 heavy (non-hydrogen) atoms. The molecule has 0 aliphatic heterocycles. The number of aromatic nitrogens is 3. The van der Waals surface area contributed by atoms with Gasteiger partial charge in [-0.05, 0) is 38.1 Å². The maximum atomic E-state index is 13.2. The lowest BCUT2D eigenvalue weighted by molar-refractivity contribution is 0.628. The average Bonchev–Trinajstić information content (AvgIpc) is 2.74. The molecule has 0 aliphatic carbocycles. The molecular formula is C14H12ClFN4. The zero-order valence-corrected chi connectivity index (χ0v) is 11.7. The van der Waals surface area contributed by atoms with Crippen molar-refractivity contribution in [1.82, 2.24) is 15.0 Å². The summed E-state index contributed by atoms with van der Waals surface area (Å²) in [5, 5.41) is 4.10. The van der Waals surface area contributed by atoms with Gasteiger partial charge >= 0.3 is 0 Å². The van der Waals surface area contributed by atoms with E-state index in [9.17, 15) is 4.39 Å². The van der Waals surface area contributed by atoms with Crippen LogP contribution in [0.15, 0.2) is 24.3 Å². The van der Waals surface area contributed by atoms with Gasteiger partial charge < -0.3 is 10.3 Å². The van der Waals surface area contributed by atoms with Gasteiger partial charge in [0.15, 0.2) is 0 Å². The lowest BCUT2D eigenvalue weighted by Crippen LogP contribution is -1.98. The molecule has 0 atom stereocenters. The van der Waals surface area contributed by atoms with Crippen LogP contribution in [0.1, 0.15) is 11.5 Å². The minimum absolute atomic E-state index is 0.0715. The summed E-state index contributed by atoms with van der Waals surface area (Å²) in [7, 11) is 0. The number of fused-ring (bicyclic) bond motifs is 1. The Hall–Kier alpha value is -2.14. The quantitative estimate of drug-likeness (QED) is 0.747. The van der Waals surface area contributed by atoms with Gasteiger partial charge in [-0.25, -0.2) is 14.4 Å². The molecule has 102 valence electrons. The highest BCUT2D eigenvalue weighted by Gasteiger charge is 2.09. The first-order chi connectivity index (χ1) is 9.52.